The van der Waals surface area contributed by atoms with E-state index in [4.69, 9.17) is 21.3 Å². The molecule has 2 saturated heterocycles. The zero-order valence-corrected chi connectivity index (χ0v) is 22.4. The SMILES string of the molecule is C=CC(=O)N1CC2(CCN(c3nc4c(c(-c5ccc(F)cc5Cl)c3C#N)COC(c3scnc3C)C4)C2)C1. The molecule has 3 aromatic rings. The van der Waals surface area contributed by atoms with Gasteiger partial charge in [0.2, 0.25) is 5.91 Å². The van der Waals surface area contributed by atoms with Crippen LogP contribution in [0.5, 0.6) is 0 Å². The summed E-state index contributed by atoms with van der Waals surface area (Å²) in [5.41, 5.74) is 6.01. The maximum atomic E-state index is 14.0. The van der Waals surface area contributed by atoms with E-state index < -0.39 is 5.82 Å². The lowest BCUT2D eigenvalue weighted by molar-refractivity contribution is -0.136. The zero-order chi connectivity index (χ0) is 26.6. The number of nitriles is 1. The fourth-order valence-corrected chi connectivity index (χ4v) is 7.05. The number of amides is 1. The first-order valence-corrected chi connectivity index (χ1v) is 13.7. The van der Waals surface area contributed by atoms with Crippen molar-refractivity contribution < 1.29 is 13.9 Å². The largest absolute Gasteiger partial charge is 0.367 e. The summed E-state index contributed by atoms with van der Waals surface area (Å²) in [5.74, 6) is 0.104. The van der Waals surface area contributed by atoms with Crippen molar-refractivity contribution in [2.45, 2.75) is 32.5 Å². The Morgan fingerprint density at radius 3 is 2.89 bits per heavy atom. The van der Waals surface area contributed by atoms with Gasteiger partial charge in [0.25, 0.3) is 0 Å². The smallest absolute Gasteiger partial charge is 0.245 e. The number of hydrogen-bond acceptors (Lipinski definition) is 7. The summed E-state index contributed by atoms with van der Waals surface area (Å²) < 4.78 is 20.2. The van der Waals surface area contributed by atoms with E-state index in [-0.39, 0.29) is 29.1 Å². The van der Waals surface area contributed by atoms with Gasteiger partial charge in [-0.05, 0) is 37.6 Å². The number of fused-ring (bicyclic) bond motifs is 1. The van der Waals surface area contributed by atoms with Gasteiger partial charge in [-0.3, -0.25) is 4.79 Å². The Bertz CT molecular complexity index is 1510. The van der Waals surface area contributed by atoms with Crippen LogP contribution in [-0.4, -0.2) is 47.0 Å². The Morgan fingerprint density at radius 1 is 1.39 bits per heavy atom. The van der Waals surface area contributed by atoms with E-state index in [2.05, 4.69) is 22.5 Å². The lowest BCUT2D eigenvalue weighted by Gasteiger charge is -2.47. The molecule has 38 heavy (non-hydrogen) atoms. The number of ether oxygens (including phenoxy) is 1. The van der Waals surface area contributed by atoms with Gasteiger partial charge in [-0.1, -0.05) is 18.2 Å². The van der Waals surface area contributed by atoms with Gasteiger partial charge in [-0.2, -0.15) is 5.26 Å². The summed E-state index contributed by atoms with van der Waals surface area (Å²) in [5, 5.41) is 10.6. The fourth-order valence-electron chi connectivity index (χ4n) is 5.94. The molecule has 10 heteroatoms. The average Bonchev–Trinajstić information content (AvgIpc) is 3.53. The van der Waals surface area contributed by atoms with E-state index in [0.29, 0.717) is 48.6 Å². The van der Waals surface area contributed by atoms with Crippen LogP contribution in [0.4, 0.5) is 10.2 Å². The van der Waals surface area contributed by atoms with E-state index in [0.717, 1.165) is 34.8 Å². The van der Waals surface area contributed by atoms with Crippen LogP contribution in [0.1, 0.15) is 39.9 Å². The van der Waals surface area contributed by atoms with Gasteiger partial charge in [-0.15, -0.1) is 11.3 Å². The van der Waals surface area contributed by atoms with Crippen LogP contribution in [0, 0.1) is 29.5 Å². The van der Waals surface area contributed by atoms with Crippen LogP contribution in [-0.2, 0) is 22.6 Å². The second-order valence-electron chi connectivity index (χ2n) is 10.2. The number of thiazole rings is 1. The third-order valence-electron chi connectivity index (χ3n) is 7.84. The number of aromatic nitrogens is 2. The topological polar surface area (TPSA) is 82.4 Å². The van der Waals surface area contributed by atoms with Crippen LogP contribution in [0.3, 0.4) is 0 Å². The van der Waals surface area contributed by atoms with Gasteiger partial charge in [0.15, 0.2) is 0 Å². The van der Waals surface area contributed by atoms with Crippen LogP contribution in [0.2, 0.25) is 5.02 Å². The first kappa shape index (κ1) is 25.0. The van der Waals surface area contributed by atoms with Crippen molar-refractivity contribution in [1.82, 2.24) is 14.9 Å². The third-order valence-corrected chi connectivity index (χ3v) is 9.17. The number of carbonyl (C=O) groups excluding carboxylic acids is 1. The van der Waals surface area contributed by atoms with Crippen molar-refractivity contribution in [3.05, 3.63) is 74.6 Å². The number of anilines is 1. The lowest BCUT2D eigenvalue weighted by Crippen LogP contribution is -2.59. The number of halogens is 2. The van der Waals surface area contributed by atoms with E-state index in [1.807, 2.05) is 12.4 Å². The van der Waals surface area contributed by atoms with Gasteiger partial charge >= 0.3 is 0 Å². The molecular formula is C28H25ClFN5O2S. The minimum Gasteiger partial charge on any atom is -0.367 e. The number of aryl methyl sites for hydroxylation is 1. The number of carbonyl (C=O) groups is 1. The molecule has 0 saturated carbocycles. The van der Waals surface area contributed by atoms with Crippen LogP contribution >= 0.6 is 22.9 Å². The molecule has 0 bridgehead atoms. The van der Waals surface area contributed by atoms with Crippen molar-refractivity contribution in [2.75, 3.05) is 31.1 Å². The minimum absolute atomic E-state index is 0.0257. The van der Waals surface area contributed by atoms with Crippen molar-refractivity contribution in [1.29, 1.82) is 5.26 Å². The van der Waals surface area contributed by atoms with E-state index in [9.17, 15) is 14.4 Å². The van der Waals surface area contributed by atoms with Gasteiger partial charge in [0, 0.05) is 54.7 Å². The van der Waals surface area contributed by atoms with Gasteiger partial charge in [-0.25, -0.2) is 14.4 Å². The Hall–Kier alpha value is -3.32. The number of nitrogens with zero attached hydrogens (tertiary/aromatic N) is 5. The first-order chi connectivity index (χ1) is 18.3. The van der Waals surface area contributed by atoms with E-state index in [1.54, 1.807) is 22.3 Å². The number of likely N-dealkylation sites (tertiary alicyclic amines) is 1. The number of hydrogen-bond donors (Lipinski definition) is 0. The molecule has 3 aliphatic rings. The summed E-state index contributed by atoms with van der Waals surface area (Å²) in [7, 11) is 0. The standard InChI is InChI=1S/C28H25ClFN5O2S/c1-3-24(36)35-13-28(14-35)6-7-34(12-28)27-19(10-31)25(18-5-4-17(30)8-21(18)29)20-11-37-23(9-22(20)33-27)26-16(2)32-15-38-26/h3-5,8,15,23H,1,6-7,9,11-14H2,2H3. The normalized spacial score (nSPS) is 19.7. The summed E-state index contributed by atoms with van der Waals surface area (Å²) in [6.45, 7) is 8.56. The quantitative estimate of drug-likeness (QED) is 0.415. The molecule has 1 unspecified atom stereocenters. The number of benzene rings is 1. The molecule has 6 rings (SSSR count). The highest BCUT2D eigenvalue weighted by atomic mass is 35.5. The molecule has 0 N–H and O–H groups in total. The predicted molar refractivity (Wildman–Crippen MR) is 143 cm³/mol. The van der Waals surface area contributed by atoms with Crippen LogP contribution in [0.15, 0.2) is 36.4 Å². The molecular weight excluding hydrogens is 525 g/mol. The molecule has 7 nitrogen and oxygen atoms in total. The zero-order valence-electron chi connectivity index (χ0n) is 20.8. The first-order valence-electron chi connectivity index (χ1n) is 12.4. The van der Waals surface area contributed by atoms with Crippen molar-refractivity contribution in [3.8, 4) is 17.2 Å². The minimum atomic E-state index is -0.442. The second kappa shape index (κ2) is 9.45. The average molecular weight is 550 g/mol. The Labute approximate surface area is 229 Å². The van der Waals surface area contributed by atoms with Gasteiger partial charge < -0.3 is 14.5 Å². The third kappa shape index (κ3) is 4.08. The Kier molecular flexibility index (Phi) is 6.22. The van der Waals surface area contributed by atoms with Crippen LogP contribution < -0.4 is 4.90 Å². The highest BCUT2D eigenvalue weighted by molar-refractivity contribution is 7.09. The Balaban J connectivity index is 1.43. The lowest BCUT2D eigenvalue weighted by atomic mass is 9.79. The molecule has 194 valence electrons. The van der Waals surface area contributed by atoms with E-state index >= 15 is 0 Å². The summed E-state index contributed by atoms with van der Waals surface area (Å²) >= 11 is 8.10. The number of pyridine rings is 1. The highest BCUT2D eigenvalue weighted by Crippen LogP contribution is 2.46. The highest BCUT2D eigenvalue weighted by Gasteiger charge is 2.49. The summed E-state index contributed by atoms with van der Waals surface area (Å²) in [4.78, 5) is 26.5. The molecule has 0 aliphatic carbocycles. The molecule has 3 aliphatic heterocycles. The molecule has 1 aromatic carbocycles. The molecule has 2 fully saturated rings. The van der Waals surface area contributed by atoms with Crippen molar-refractivity contribution >= 4 is 34.7 Å². The summed E-state index contributed by atoms with van der Waals surface area (Å²) in [6, 6.07) is 6.62. The van der Waals surface area contributed by atoms with Gasteiger partial charge in [0.1, 0.15) is 23.3 Å². The second-order valence-corrected chi connectivity index (χ2v) is 11.5. The molecule has 1 spiro atoms. The van der Waals surface area contributed by atoms with E-state index in [1.165, 1.54) is 18.2 Å². The predicted octanol–water partition coefficient (Wildman–Crippen LogP) is 5.22. The summed E-state index contributed by atoms with van der Waals surface area (Å²) in [6.07, 6.45) is 2.59. The van der Waals surface area contributed by atoms with Crippen molar-refractivity contribution in [3.63, 3.8) is 0 Å². The monoisotopic (exact) mass is 549 g/mol. The molecule has 1 atom stereocenters. The fraction of sp³-hybridized carbons (Fsp3) is 0.357. The maximum absolute atomic E-state index is 14.0. The van der Waals surface area contributed by atoms with Crippen molar-refractivity contribution in [2.24, 2.45) is 5.41 Å². The molecule has 2 aromatic heterocycles. The maximum Gasteiger partial charge on any atom is 0.245 e. The number of rotatable bonds is 4. The molecule has 5 heterocycles. The van der Waals surface area contributed by atoms with Gasteiger partial charge in [0.05, 0.1) is 39.5 Å². The van der Waals surface area contributed by atoms with Crippen LogP contribution in [0.25, 0.3) is 11.1 Å². The molecule has 1 amide bonds. The molecule has 0 radical (unpaired) electrons. The Morgan fingerprint density at radius 2 is 2.21 bits per heavy atom.